The number of aromatic nitrogens is 2. The molecule has 0 amide bonds. The molecule has 1 N–H and O–H groups in total. The van der Waals surface area contributed by atoms with Crippen LogP contribution < -0.4 is 5.32 Å². The first kappa shape index (κ1) is 15.8. The van der Waals surface area contributed by atoms with Gasteiger partial charge in [0.15, 0.2) is 0 Å². The summed E-state index contributed by atoms with van der Waals surface area (Å²) in [5, 5.41) is 4.04. The average molecular weight is 310 g/mol. The zero-order chi connectivity index (χ0) is 12.3. The first-order valence-corrected chi connectivity index (χ1v) is 7.45. The van der Waals surface area contributed by atoms with E-state index in [1.807, 2.05) is 6.92 Å². The summed E-state index contributed by atoms with van der Waals surface area (Å²) in [4.78, 5) is 8.22. The molecule has 2 rings (SSSR count). The van der Waals surface area contributed by atoms with Crippen molar-refractivity contribution in [3.63, 3.8) is 0 Å². The number of nitrogens with one attached hydrogen (secondary N) is 1. The van der Waals surface area contributed by atoms with Gasteiger partial charge in [-0.05, 0) is 44.8 Å². The Labute approximate surface area is 121 Å². The Kier molecular flexibility index (Phi) is 6.49. The normalized spacial score (nSPS) is 21.1. The maximum atomic E-state index is 12.1. The summed E-state index contributed by atoms with van der Waals surface area (Å²) in [7, 11) is -1.15. The molecule has 2 heterocycles. The molecule has 2 atom stereocenters. The van der Waals surface area contributed by atoms with Gasteiger partial charge in [-0.15, -0.1) is 12.4 Å². The van der Waals surface area contributed by atoms with Gasteiger partial charge >= 0.3 is 0 Å². The van der Waals surface area contributed by atoms with Gasteiger partial charge in [-0.1, -0.05) is 11.6 Å². The van der Waals surface area contributed by atoms with Crippen molar-refractivity contribution in [3.8, 4) is 0 Å². The van der Waals surface area contributed by atoms with E-state index < -0.39 is 10.8 Å². The molecule has 0 radical (unpaired) electrons. The van der Waals surface area contributed by atoms with Crippen LogP contribution in [0.15, 0.2) is 11.2 Å². The fraction of sp³-hybridized carbons (Fsp3) is 0.636. The predicted molar refractivity (Wildman–Crippen MR) is 75.9 cm³/mol. The smallest absolute Gasteiger partial charge is 0.220 e. The van der Waals surface area contributed by atoms with Gasteiger partial charge in [-0.25, -0.2) is 9.97 Å². The molecule has 2 unspecified atom stereocenters. The zero-order valence-corrected chi connectivity index (χ0v) is 12.6. The van der Waals surface area contributed by atoms with Gasteiger partial charge in [0.1, 0.15) is 5.15 Å². The average Bonchev–Trinajstić information content (AvgIpc) is 2.29. The lowest BCUT2D eigenvalue weighted by atomic mass is 10.0. The minimum atomic E-state index is -1.15. The predicted octanol–water partition coefficient (Wildman–Crippen LogP) is 1.97. The Hall–Kier alpha value is -0.230. The number of piperidine rings is 1. The lowest BCUT2D eigenvalue weighted by Gasteiger charge is -2.21. The van der Waals surface area contributed by atoms with Crippen LogP contribution in [0.2, 0.25) is 5.15 Å². The third-order valence-electron chi connectivity index (χ3n) is 2.79. The van der Waals surface area contributed by atoms with Gasteiger partial charge in [0, 0.05) is 11.4 Å². The summed E-state index contributed by atoms with van der Waals surface area (Å²) in [6, 6.07) is 1.67. The van der Waals surface area contributed by atoms with Crippen molar-refractivity contribution in [1.82, 2.24) is 15.3 Å². The molecule has 1 saturated heterocycles. The second kappa shape index (κ2) is 7.38. The highest BCUT2D eigenvalue weighted by molar-refractivity contribution is 7.84. The van der Waals surface area contributed by atoms with Gasteiger partial charge in [0.05, 0.1) is 10.8 Å². The first-order valence-electron chi connectivity index (χ1n) is 5.75. The van der Waals surface area contributed by atoms with Crippen molar-refractivity contribution >= 4 is 34.8 Å². The molecule has 0 bridgehead atoms. The molecule has 102 valence electrons. The summed E-state index contributed by atoms with van der Waals surface area (Å²) in [5.41, 5.74) is 0.759. The third kappa shape index (κ3) is 4.46. The van der Waals surface area contributed by atoms with E-state index in [0.717, 1.165) is 31.6 Å². The van der Waals surface area contributed by atoms with E-state index in [1.54, 1.807) is 6.07 Å². The lowest BCUT2D eigenvalue weighted by molar-refractivity contribution is 0.407. The maximum Gasteiger partial charge on any atom is 0.220 e. The number of rotatable bonds is 3. The summed E-state index contributed by atoms with van der Waals surface area (Å²) >= 11 is 5.84. The van der Waals surface area contributed by atoms with E-state index in [0.29, 0.717) is 22.0 Å². The number of hydrogen-bond donors (Lipinski definition) is 1. The van der Waals surface area contributed by atoms with E-state index in [2.05, 4.69) is 15.3 Å². The van der Waals surface area contributed by atoms with Crippen LogP contribution in [0, 0.1) is 12.8 Å². The number of halogens is 2. The van der Waals surface area contributed by atoms with Crippen LogP contribution in [-0.4, -0.2) is 33.0 Å². The van der Waals surface area contributed by atoms with Crippen molar-refractivity contribution in [2.75, 3.05) is 18.8 Å². The highest BCUT2D eigenvalue weighted by atomic mass is 35.5. The highest BCUT2D eigenvalue weighted by Crippen LogP contribution is 2.15. The van der Waals surface area contributed by atoms with Crippen molar-refractivity contribution in [1.29, 1.82) is 0 Å². The quantitative estimate of drug-likeness (QED) is 0.685. The zero-order valence-electron chi connectivity index (χ0n) is 10.2. The molecular formula is C11H17Cl2N3OS. The second-order valence-corrected chi connectivity index (χ2v) is 6.12. The molecule has 1 aromatic heterocycles. The molecule has 0 saturated carbocycles. The maximum absolute atomic E-state index is 12.1. The van der Waals surface area contributed by atoms with Crippen LogP contribution in [0.25, 0.3) is 0 Å². The lowest BCUT2D eigenvalue weighted by Crippen LogP contribution is -2.32. The second-order valence-electron chi connectivity index (χ2n) is 4.34. The van der Waals surface area contributed by atoms with Crippen LogP contribution in [0.4, 0.5) is 0 Å². The minimum Gasteiger partial charge on any atom is -0.316 e. The molecule has 1 aromatic rings. The van der Waals surface area contributed by atoms with Crippen LogP contribution in [0.1, 0.15) is 18.5 Å². The van der Waals surface area contributed by atoms with E-state index >= 15 is 0 Å². The molecule has 7 heteroatoms. The van der Waals surface area contributed by atoms with Gasteiger partial charge in [0.2, 0.25) is 5.16 Å². The molecule has 1 fully saturated rings. The molecule has 1 aliphatic heterocycles. The number of hydrogen-bond acceptors (Lipinski definition) is 4. The summed E-state index contributed by atoms with van der Waals surface area (Å²) in [6.45, 7) is 3.83. The third-order valence-corrected chi connectivity index (χ3v) is 4.35. The molecule has 4 nitrogen and oxygen atoms in total. The van der Waals surface area contributed by atoms with Gasteiger partial charge in [-0.2, -0.15) is 0 Å². The van der Waals surface area contributed by atoms with E-state index in [4.69, 9.17) is 11.6 Å². The van der Waals surface area contributed by atoms with Crippen molar-refractivity contribution in [2.24, 2.45) is 5.92 Å². The molecular weight excluding hydrogens is 293 g/mol. The van der Waals surface area contributed by atoms with E-state index in [1.165, 1.54) is 0 Å². The standard InChI is InChI=1S/C11H16ClN3OS.ClH/c1-8-5-10(12)15-11(14-8)17(16)7-9-3-2-4-13-6-9;/h5,9,13H,2-4,6-7H2,1H3;1H. The number of aryl methyl sites for hydroxylation is 1. The monoisotopic (exact) mass is 309 g/mol. The molecule has 18 heavy (non-hydrogen) atoms. The van der Waals surface area contributed by atoms with Crippen LogP contribution in [0.3, 0.4) is 0 Å². The van der Waals surface area contributed by atoms with Gasteiger partial charge in [0.25, 0.3) is 0 Å². The minimum absolute atomic E-state index is 0. The summed E-state index contributed by atoms with van der Waals surface area (Å²) in [6.07, 6.45) is 2.27. The Morgan fingerprint density at radius 1 is 1.56 bits per heavy atom. The van der Waals surface area contributed by atoms with Crippen LogP contribution >= 0.6 is 24.0 Å². The van der Waals surface area contributed by atoms with E-state index in [-0.39, 0.29) is 12.4 Å². The summed E-state index contributed by atoms with van der Waals surface area (Å²) in [5.74, 6) is 1.07. The Morgan fingerprint density at radius 2 is 2.33 bits per heavy atom. The molecule has 0 aliphatic carbocycles. The first-order chi connectivity index (χ1) is 8.15. The van der Waals surface area contributed by atoms with Crippen molar-refractivity contribution in [2.45, 2.75) is 24.9 Å². The topological polar surface area (TPSA) is 54.9 Å². The van der Waals surface area contributed by atoms with Crippen molar-refractivity contribution in [3.05, 3.63) is 16.9 Å². The van der Waals surface area contributed by atoms with Crippen molar-refractivity contribution < 1.29 is 4.21 Å². The Balaban J connectivity index is 0.00000162. The molecule has 0 spiro atoms. The fourth-order valence-electron chi connectivity index (χ4n) is 1.96. The fourth-order valence-corrected chi connectivity index (χ4v) is 3.56. The summed E-state index contributed by atoms with van der Waals surface area (Å²) < 4.78 is 12.1. The molecule has 1 aliphatic rings. The van der Waals surface area contributed by atoms with Gasteiger partial charge < -0.3 is 5.32 Å². The Morgan fingerprint density at radius 3 is 2.94 bits per heavy atom. The Bertz CT molecular complexity index is 404. The highest BCUT2D eigenvalue weighted by Gasteiger charge is 2.18. The number of nitrogens with zero attached hydrogens (tertiary/aromatic N) is 2. The van der Waals surface area contributed by atoms with Crippen LogP contribution in [-0.2, 0) is 10.8 Å². The largest absolute Gasteiger partial charge is 0.316 e. The molecule has 0 aromatic carbocycles. The van der Waals surface area contributed by atoms with Crippen LogP contribution in [0.5, 0.6) is 0 Å². The van der Waals surface area contributed by atoms with Gasteiger partial charge in [-0.3, -0.25) is 4.21 Å². The SMILES string of the molecule is Cc1cc(Cl)nc(S(=O)CC2CCCNC2)n1.Cl. The van der Waals surface area contributed by atoms with E-state index in [9.17, 15) is 4.21 Å².